The lowest BCUT2D eigenvalue weighted by Gasteiger charge is -2.28. The summed E-state index contributed by atoms with van der Waals surface area (Å²) in [5.41, 5.74) is 0. The van der Waals surface area contributed by atoms with E-state index >= 15 is 0 Å². The van der Waals surface area contributed by atoms with Gasteiger partial charge in [-0.05, 0) is 63.8 Å². The number of sulfonamides is 1. The van der Waals surface area contributed by atoms with E-state index in [1.54, 1.807) is 0 Å². The summed E-state index contributed by atoms with van der Waals surface area (Å²) in [6.07, 6.45) is 11.3. The van der Waals surface area contributed by atoms with Crippen LogP contribution in [0.5, 0.6) is 0 Å². The minimum Gasteiger partial charge on any atom is -0.314 e. The maximum atomic E-state index is 12.1. The second-order valence-corrected chi connectivity index (χ2v) is 8.75. The number of hydrogen-bond acceptors (Lipinski definition) is 3. The maximum absolute atomic E-state index is 12.1. The molecular formula is C16H32N2O2S. The van der Waals surface area contributed by atoms with Gasteiger partial charge in [0.2, 0.25) is 10.0 Å². The predicted molar refractivity (Wildman–Crippen MR) is 87.8 cm³/mol. The minimum atomic E-state index is -3.07. The molecule has 124 valence electrons. The van der Waals surface area contributed by atoms with E-state index in [4.69, 9.17) is 0 Å². The molecule has 0 atom stereocenters. The minimum absolute atomic E-state index is 0.188. The van der Waals surface area contributed by atoms with Crippen molar-refractivity contribution in [2.45, 2.75) is 83.2 Å². The van der Waals surface area contributed by atoms with Crippen LogP contribution < -0.4 is 10.0 Å². The molecule has 21 heavy (non-hydrogen) atoms. The molecule has 5 heteroatoms. The molecule has 0 aromatic heterocycles. The van der Waals surface area contributed by atoms with Crippen LogP contribution in [0.3, 0.4) is 0 Å². The number of nitrogens with one attached hydrogen (secondary N) is 2. The van der Waals surface area contributed by atoms with Gasteiger partial charge >= 0.3 is 0 Å². The molecule has 0 heterocycles. The molecule has 0 aliphatic heterocycles. The summed E-state index contributed by atoms with van der Waals surface area (Å²) in [6, 6.07) is 0.908. The van der Waals surface area contributed by atoms with Gasteiger partial charge in [-0.15, -0.1) is 0 Å². The first-order chi connectivity index (χ1) is 10.1. The fraction of sp³-hybridized carbons (Fsp3) is 1.00. The van der Waals surface area contributed by atoms with Crippen LogP contribution in [0.25, 0.3) is 0 Å². The molecule has 0 saturated heterocycles. The standard InChI is InChI=1S/C16H32N2O2S/c1-2-5-14-6-8-16(9-7-14)18-21(19,20)13-4-3-12-17-15-10-11-15/h14-18H,2-13H2,1H3. The van der Waals surface area contributed by atoms with Crippen molar-refractivity contribution < 1.29 is 8.42 Å². The normalized spacial score (nSPS) is 26.9. The van der Waals surface area contributed by atoms with E-state index < -0.39 is 10.0 Å². The maximum Gasteiger partial charge on any atom is 0.211 e. The highest BCUT2D eigenvalue weighted by molar-refractivity contribution is 7.89. The fourth-order valence-corrected chi connectivity index (χ4v) is 4.75. The van der Waals surface area contributed by atoms with Crippen LogP contribution in [0.15, 0.2) is 0 Å². The zero-order valence-corrected chi connectivity index (χ0v) is 14.3. The summed E-state index contributed by atoms with van der Waals surface area (Å²) in [7, 11) is -3.07. The van der Waals surface area contributed by atoms with Crippen molar-refractivity contribution in [1.82, 2.24) is 10.0 Å². The lowest BCUT2D eigenvalue weighted by atomic mass is 9.84. The van der Waals surface area contributed by atoms with Crippen LogP contribution in [-0.4, -0.2) is 32.8 Å². The van der Waals surface area contributed by atoms with Gasteiger partial charge in [0, 0.05) is 12.1 Å². The van der Waals surface area contributed by atoms with Crippen LogP contribution >= 0.6 is 0 Å². The van der Waals surface area contributed by atoms with Gasteiger partial charge in [-0.25, -0.2) is 13.1 Å². The van der Waals surface area contributed by atoms with Gasteiger partial charge in [0.15, 0.2) is 0 Å². The summed E-state index contributed by atoms with van der Waals surface area (Å²) < 4.78 is 27.1. The molecule has 0 amide bonds. The Hall–Kier alpha value is -0.130. The molecule has 4 nitrogen and oxygen atoms in total. The van der Waals surface area contributed by atoms with Crippen molar-refractivity contribution in [2.75, 3.05) is 12.3 Å². The largest absolute Gasteiger partial charge is 0.314 e. The lowest BCUT2D eigenvalue weighted by molar-refractivity contribution is 0.297. The Morgan fingerprint density at radius 2 is 1.62 bits per heavy atom. The molecule has 2 saturated carbocycles. The molecule has 2 fully saturated rings. The van der Waals surface area contributed by atoms with E-state index in [0.717, 1.165) is 44.2 Å². The highest BCUT2D eigenvalue weighted by atomic mass is 32.2. The molecule has 0 radical (unpaired) electrons. The zero-order valence-electron chi connectivity index (χ0n) is 13.4. The first-order valence-electron chi connectivity index (χ1n) is 8.82. The molecule has 2 aliphatic carbocycles. The summed E-state index contributed by atoms with van der Waals surface area (Å²) in [5, 5.41) is 3.43. The second kappa shape index (κ2) is 8.49. The van der Waals surface area contributed by atoms with Crippen LogP contribution in [0.2, 0.25) is 0 Å². The summed E-state index contributed by atoms with van der Waals surface area (Å²) >= 11 is 0. The van der Waals surface area contributed by atoms with E-state index in [-0.39, 0.29) is 11.8 Å². The van der Waals surface area contributed by atoms with Gasteiger partial charge in [-0.3, -0.25) is 0 Å². The van der Waals surface area contributed by atoms with E-state index in [1.165, 1.54) is 38.5 Å². The smallest absolute Gasteiger partial charge is 0.211 e. The molecule has 0 bridgehead atoms. The molecule has 0 aromatic rings. The highest BCUT2D eigenvalue weighted by Gasteiger charge is 2.24. The van der Waals surface area contributed by atoms with E-state index in [1.807, 2.05) is 0 Å². The Labute approximate surface area is 130 Å². The summed E-state index contributed by atoms with van der Waals surface area (Å²) in [5.74, 6) is 1.11. The van der Waals surface area contributed by atoms with Crippen LogP contribution in [0.1, 0.15) is 71.1 Å². The molecule has 2 rings (SSSR count). The fourth-order valence-electron chi connectivity index (χ4n) is 3.30. The first-order valence-corrected chi connectivity index (χ1v) is 10.5. The molecule has 2 aliphatic rings. The Morgan fingerprint density at radius 1 is 0.952 bits per heavy atom. The second-order valence-electron chi connectivity index (χ2n) is 6.88. The molecule has 2 N–H and O–H groups in total. The Morgan fingerprint density at radius 3 is 2.24 bits per heavy atom. The van der Waals surface area contributed by atoms with Crippen molar-refractivity contribution in [2.24, 2.45) is 5.92 Å². The third-order valence-electron chi connectivity index (χ3n) is 4.74. The number of unbranched alkanes of at least 4 members (excludes halogenated alkanes) is 1. The van der Waals surface area contributed by atoms with Gasteiger partial charge in [0.25, 0.3) is 0 Å². The Bertz CT molecular complexity index is 385. The van der Waals surface area contributed by atoms with Crippen molar-refractivity contribution in [3.8, 4) is 0 Å². The van der Waals surface area contributed by atoms with Gasteiger partial charge < -0.3 is 5.32 Å². The summed E-state index contributed by atoms with van der Waals surface area (Å²) in [6.45, 7) is 3.19. The van der Waals surface area contributed by atoms with Gasteiger partial charge in [-0.2, -0.15) is 0 Å². The van der Waals surface area contributed by atoms with Gasteiger partial charge in [0.1, 0.15) is 0 Å². The quantitative estimate of drug-likeness (QED) is 0.609. The highest BCUT2D eigenvalue weighted by Crippen LogP contribution is 2.28. The predicted octanol–water partition coefficient (Wildman–Crippen LogP) is 2.80. The van der Waals surface area contributed by atoms with Gasteiger partial charge in [-0.1, -0.05) is 19.8 Å². The number of hydrogen-bond donors (Lipinski definition) is 2. The van der Waals surface area contributed by atoms with E-state index in [2.05, 4.69) is 17.0 Å². The lowest BCUT2D eigenvalue weighted by Crippen LogP contribution is -2.39. The average molecular weight is 317 g/mol. The van der Waals surface area contributed by atoms with Crippen molar-refractivity contribution in [3.05, 3.63) is 0 Å². The van der Waals surface area contributed by atoms with Crippen molar-refractivity contribution in [1.29, 1.82) is 0 Å². The summed E-state index contributed by atoms with van der Waals surface area (Å²) in [4.78, 5) is 0. The number of rotatable bonds is 10. The monoisotopic (exact) mass is 316 g/mol. The van der Waals surface area contributed by atoms with Crippen LogP contribution in [0.4, 0.5) is 0 Å². The van der Waals surface area contributed by atoms with Gasteiger partial charge in [0.05, 0.1) is 5.75 Å². The Balaban J connectivity index is 1.57. The van der Waals surface area contributed by atoms with Crippen LogP contribution in [0, 0.1) is 5.92 Å². The molecular weight excluding hydrogens is 284 g/mol. The topological polar surface area (TPSA) is 58.2 Å². The molecule has 0 spiro atoms. The third-order valence-corrected chi connectivity index (χ3v) is 6.26. The Kier molecular flexibility index (Phi) is 6.96. The van der Waals surface area contributed by atoms with Crippen molar-refractivity contribution in [3.63, 3.8) is 0 Å². The zero-order chi connectivity index (χ0) is 15.1. The van der Waals surface area contributed by atoms with Crippen molar-refractivity contribution >= 4 is 10.0 Å². The SMILES string of the molecule is CCCC1CCC(NS(=O)(=O)CCCCNC2CC2)CC1. The van der Waals surface area contributed by atoms with E-state index in [0.29, 0.717) is 0 Å². The molecule has 0 unspecified atom stereocenters. The third kappa shape index (κ3) is 7.11. The average Bonchev–Trinajstić information content (AvgIpc) is 3.25. The first kappa shape index (κ1) is 17.2. The van der Waals surface area contributed by atoms with Crippen LogP contribution in [-0.2, 0) is 10.0 Å². The van der Waals surface area contributed by atoms with E-state index in [9.17, 15) is 8.42 Å². The molecule has 0 aromatic carbocycles.